The molecule has 3 aliphatic rings. The molecule has 2 aliphatic carbocycles. The van der Waals surface area contributed by atoms with Crippen LogP contribution in [0.3, 0.4) is 0 Å². The monoisotopic (exact) mass is 696 g/mol. The first-order valence-corrected chi connectivity index (χ1v) is 15.5. The Morgan fingerprint density at radius 2 is 1.27 bits per heavy atom. The van der Waals surface area contributed by atoms with E-state index in [2.05, 4.69) is 20.7 Å². The van der Waals surface area contributed by atoms with Crippen LogP contribution in [0.4, 0.5) is 22.7 Å². The van der Waals surface area contributed by atoms with Gasteiger partial charge >= 0.3 is 17.9 Å². The molecule has 1 aliphatic heterocycles. The molecule has 48 heavy (non-hydrogen) atoms. The number of allylic oxidation sites excluding steroid dienone is 4. The van der Waals surface area contributed by atoms with Gasteiger partial charge in [-0.15, -0.1) is 0 Å². The quantitative estimate of drug-likeness (QED) is 0.0937. The van der Waals surface area contributed by atoms with E-state index in [0.29, 0.717) is 45.5 Å². The van der Waals surface area contributed by atoms with Gasteiger partial charge in [0.25, 0.3) is 0 Å². The molecule has 0 saturated carbocycles. The number of anilines is 4. The summed E-state index contributed by atoms with van der Waals surface area (Å²) in [5.74, 6) is -2.60. The van der Waals surface area contributed by atoms with Crippen molar-refractivity contribution >= 4 is 81.3 Å². The van der Waals surface area contributed by atoms with E-state index >= 15 is 0 Å². The zero-order valence-corrected chi connectivity index (χ0v) is 27.7. The average Bonchev–Trinajstić information content (AvgIpc) is 3.42. The summed E-state index contributed by atoms with van der Waals surface area (Å²) in [4.78, 5) is 65.3. The fraction of sp³-hybridized carbons (Fsp3) is 0.235. The Morgan fingerprint density at radius 3 is 1.75 bits per heavy atom. The standard InChI is InChI=1S/C17H17ClN2O4.C13H15ClN2O.C4H2O3/c1-10-13(3-2-4-15(10)21)20-14-9-11(5-6-12(14)18)19-16(22)7-8-17(23)24;1-8-11(3-2-4-13(8)17)16-12-7-9(15)5-6-10(12)14;5-3-1-2-4(6)7-3/h5-9,20H,2-4H2,1H3,(H,19,22)(H,23,24);5-7,16H,2-4,15H2,1H3;1-2H/b8-7-;;. The molecule has 14 heteroatoms. The number of hydrogen-bond acceptors (Lipinski definition) is 10. The highest BCUT2D eigenvalue weighted by molar-refractivity contribution is 6.33. The molecule has 12 nitrogen and oxygen atoms in total. The van der Waals surface area contributed by atoms with Crippen LogP contribution in [0.5, 0.6) is 0 Å². The van der Waals surface area contributed by atoms with Crippen LogP contribution in [0.2, 0.25) is 10.0 Å². The van der Waals surface area contributed by atoms with E-state index in [0.717, 1.165) is 72.6 Å². The third-order valence-corrected chi connectivity index (χ3v) is 7.79. The minimum atomic E-state index is -1.20. The Labute approximate surface area is 286 Å². The Bertz CT molecular complexity index is 1740. The smallest absolute Gasteiger partial charge is 0.338 e. The van der Waals surface area contributed by atoms with Gasteiger partial charge < -0.3 is 31.5 Å². The summed E-state index contributed by atoms with van der Waals surface area (Å²) in [7, 11) is 0. The lowest BCUT2D eigenvalue weighted by atomic mass is 9.96. The number of hydrogen-bond donors (Lipinski definition) is 5. The van der Waals surface area contributed by atoms with Gasteiger partial charge in [0.15, 0.2) is 11.6 Å². The van der Waals surface area contributed by atoms with Crippen LogP contribution in [-0.4, -0.2) is 40.5 Å². The number of benzene rings is 2. The lowest BCUT2D eigenvalue weighted by molar-refractivity contribution is -0.150. The van der Waals surface area contributed by atoms with Crippen LogP contribution in [0.1, 0.15) is 52.4 Å². The maximum Gasteiger partial charge on any atom is 0.338 e. The second kappa shape index (κ2) is 17.6. The number of aliphatic carboxylic acids is 1. The number of Topliss-reactive ketones (excluding diaryl/α,β-unsaturated/α-hetero) is 2. The third-order valence-electron chi connectivity index (χ3n) is 7.13. The van der Waals surface area contributed by atoms with Crippen molar-refractivity contribution in [3.63, 3.8) is 0 Å². The minimum Gasteiger partial charge on any atom is -0.478 e. The van der Waals surface area contributed by atoms with E-state index in [1.165, 1.54) is 0 Å². The average molecular weight is 698 g/mol. The summed E-state index contributed by atoms with van der Waals surface area (Å²) in [5.41, 5.74) is 11.4. The van der Waals surface area contributed by atoms with E-state index in [1.807, 2.05) is 6.92 Å². The van der Waals surface area contributed by atoms with Gasteiger partial charge in [0.2, 0.25) is 5.91 Å². The van der Waals surface area contributed by atoms with E-state index < -0.39 is 23.8 Å². The molecule has 0 radical (unpaired) electrons. The van der Waals surface area contributed by atoms with Crippen molar-refractivity contribution < 1.29 is 38.6 Å². The van der Waals surface area contributed by atoms with Crippen molar-refractivity contribution in [1.82, 2.24) is 0 Å². The zero-order chi connectivity index (χ0) is 35.4. The largest absolute Gasteiger partial charge is 0.478 e. The molecule has 6 N–H and O–H groups in total. The number of nitrogen functional groups attached to an aromatic ring is 1. The molecule has 0 atom stereocenters. The van der Waals surface area contributed by atoms with Crippen LogP contribution < -0.4 is 21.7 Å². The number of halogens is 2. The van der Waals surface area contributed by atoms with Gasteiger partial charge in [0.1, 0.15) is 0 Å². The Kier molecular flexibility index (Phi) is 13.7. The number of ether oxygens (including phenoxy) is 1. The number of carbonyl (C=O) groups excluding carboxylic acids is 5. The maximum atomic E-state index is 11.8. The molecule has 0 fully saturated rings. The van der Waals surface area contributed by atoms with Crippen molar-refractivity contribution in [2.75, 3.05) is 21.7 Å². The number of nitrogens with one attached hydrogen (secondary N) is 3. The highest BCUT2D eigenvalue weighted by atomic mass is 35.5. The normalized spacial score (nSPS) is 15.8. The van der Waals surface area contributed by atoms with Crippen molar-refractivity contribution in [3.05, 3.63) is 93.3 Å². The van der Waals surface area contributed by atoms with Crippen LogP contribution in [0, 0.1) is 0 Å². The van der Waals surface area contributed by atoms with Gasteiger partial charge in [0.05, 0.1) is 21.4 Å². The van der Waals surface area contributed by atoms with Crippen LogP contribution in [-0.2, 0) is 33.5 Å². The van der Waals surface area contributed by atoms with E-state index in [4.69, 9.17) is 34.0 Å². The molecule has 0 spiro atoms. The molecule has 2 aromatic carbocycles. The Balaban J connectivity index is 0.000000224. The lowest BCUT2D eigenvalue weighted by Gasteiger charge is -2.19. The molecule has 5 rings (SSSR count). The molecule has 0 unspecified atom stereocenters. The minimum absolute atomic E-state index is 0.114. The molecule has 252 valence electrons. The highest BCUT2D eigenvalue weighted by Crippen LogP contribution is 2.31. The number of rotatable bonds is 7. The number of nitrogens with two attached hydrogens (primary N) is 1. The zero-order valence-electron chi connectivity index (χ0n) is 26.2. The van der Waals surface area contributed by atoms with Gasteiger partial charge in [-0.1, -0.05) is 23.2 Å². The molecule has 0 aromatic heterocycles. The fourth-order valence-electron chi connectivity index (χ4n) is 4.55. The number of cyclic esters (lactones) is 2. The van der Waals surface area contributed by atoms with Crippen LogP contribution in [0.25, 0.3) is 0 Å². The van der Waals surface area contributed by atoms with Crippen LogP contribution in [0.15, 0.2) is 83.2 Å². The second-order valence-corrected chi connectivity index (χ2v) is 11.5. The fourth-order valence-corrected chi connectivity index (χ4v) is 4.88. The van der Waals surface area contributed by atoms with Crippen molar-refractivity contribution in [1.29, 1.82) is 0 Å². The second-order valence-electron chi connectivity index (χ2n) is 10.7. The van der Waals surface area contributed by atoms with Gasteiger partial charge in [-0.05, 0) is 75.9 Å². The number of esters is 2. The maximum absolute atomic E-state index is 11.8. The van der Waals surface area contributed by atoms with Crippen LogP contribution >= 0.6 is 23.2 Å². The molecular weight excluding hydrogens is 663 g/mol. The number of carbonyl (C=O) groups is 6. The molecule has 0 saturated heterocycles. The first-order valence-electron chi connectivity index (χ1n) is 14.7. The lowest BCUT2D eigenvalue weighted by Crippen LogP contribution is -2.15. The van der Waals surface area contributed by atoms with Gasteiger partial charge in [0, 0.05) is 71.1 Å². The van der Waals surface area contributed by atoms with E-state index in [1.54, 1.807) is 43.3 Å². The van der Waals surface area contributed by atoms with E-state index in [-0.39, 0.29) is 11.6 Å². The van der Waals surface area contributed by atoms with Gasteiger partial charge in [-0.2, -0.15) is 0 Å². The Morgan fingerprint density at radius 1 is 0.771 bits per heavy atom. The summed E-state index contributed by atoms with van der Waals surface area (Å²) in [5, 5.41) is 18.5. The summed E-state index contributed by atoms with van der Waals surface area (Å²) in [6.45, 7) is 3.63. The highest BCUT2D eigenvalue weighted by Gasteiger charge is 2.19. The summed E-state index contributed by atoms with van der Waals surface area (Å²) < 4.78 is 3.97. The molecule has 1 heterocycles. The third kappa shape index (κ3) is 11.6. The number of amides is 1. The van der Waals surface area contributed by atoms with Gasteiger partial charge in [-0.3, -0.25) is 14.4 Å². The van der Waals surface area contributed by atoms with E-state index in [9.17, 15) is 28.8 Å². The molecule has 2 aromatic rings. The summed E-state index contributed by atoms with van der Waals surface area (Å²) >= 11 is 12.2. The van der Waals surface area contributed by atoms with Crippen molar-refractivity contribution in [2.45, 2.75) is 52.4 Å². The predicted octanol–water partition coefficient (Wildman–Crippen LogP) is 6.35. The summed E-state index contributed by atoms with van der Waals surface area (Å²) in [6, 6.07) is 10.1. The number of carboxylic acid groups (broad SMARTS) is 1. The number of carboxylic acids is 1. The first-order chi connectivity index (χ1) is 22.7. The predicted molar refractivity (Wildman–Crippen MR) is 183 cm³/mol. The Hall–Kier alpha value is -5.20. The topological polar surface area (TPSA) is 194 Å². The molecule has 0 bridgehead atoms. The van der Waals surface area contributed by atoms with Gasteiger partial charge in [-0.25, -0.2) is 14.4 Å². The van der Waals surface area contributed by atoms with Crippen molar-refractivity contribution in [2.24, 2.45) is 0 Å². The number of ketones is 2. The SMILES string of the molecule is CC1=C(Nc2cc(N)ccc2Cl)CCCC1=O.CC1=C(Nc2cc(NC(=O)/C=C\C(=O)O)ccc2Cl)CCCC1=O.O=C1C=CC(=O)O1. The summed E-state index contributed by atoms with van der Waals surface area (Å²) in [6.07, 6.45) is 8.35. The molecule has 1 amide bonds. The first kappa shape index (κ1) is 37.3. The van der Waals surface area contributed by atoms with Crippen molar-refractivity contribution in [3.8, 4) is 0 Å². The molecular formula is C34H34Cl2N4O8.